The number of sulfone groups is 1. The summed E-state index contributed by atoms with van der Waals surface area (Å²) >= 11 is 1.46. The molecule has 3 aromatic rings. The predicted molar refractivity (Wildman–Crippen MR) is 111 cm³/mol. The summed E-state index contributed by atoms with van der Waals surface area (Å²) < 4.78 is 30.2. The van der Waals surface area contributed by atoms with Crippen LogP contribution in [0.2, 0.25) is 0 Å². The van der Waals surface area contributed by atoms with Gasteiger partial charge in [-0.3, -0.25) is 0 Å². The Morgan fingerprint density at radius 2 is 1.79 bits per heavy atom. The van der Waals surface area contributed by atoms with Gasteiger partial charge in [-0.2, -0.15) is 0 Å². The molecule has 2 heterocycles. The molecule has 1 aliphatic rings. The van der Waals surface area contributed by atoms with Gasteiger partial charge in [0.1, 0.15) is 6.10 Å². The Kier molecular flexibility index (Phi) is 5.18. The number of likely N-dealkylation sites (tertiary alicyclic amines) is 1. The third-order valence-electron chi connectivity index (χ3n) is 4.96. The van der Waals surface area contributed by atoms with Gasteiger partial charge in [0, 0.05) is 32.2 Å². The van der Waals surface area contributed by atoms with Crippen molar-refractivity contribution in [2.45, 2.75) is 23.8 Å². The number of aromatic nitrogens is 1. The summed E-state index contributed by atoms with van der Waals surface area (Å²) in [5.74, 6) is 0. The van der Waals surface area contributed by atoms with E-state index in [4.69, 9.17) is 9.84 Å². The summed E-state index contributed by atoms with van der Waals surface area (Å²) in [6.07, 6.45) is 1.58. The van der Waals surface area contributed by atoms with Crippen molar-refractivity contribution in [3.8, 4) is 16.3 Å². The second-order valence-electron chi connectivity index (χ2n) is 7.05. The Bertz CT molecular complexity index is 1150. The van der Waals surface area contributed by atoms with Gasteiger partial charge in [0.15, 0.2) is 9.84 Å². The monoisotopic (exact) mass is 432 g/mol. The molecule has 7 nitrogen and oxygen atoms in total. The lowest BCUT2D eigenvalue weighted by Crippen LogP contribution is -2.41. The molecule has 4 rings (SSSR count). The molecular weight excluding hydrogens is 412 g/mol. The van der Waals surface area contributed by atoms with E-state index in [1.807, 2.05) is 18.2 Å². The van der Waals surface area contributed by atoms with Crippen LogP contribution in [0.3, 0.4) is 0 Å². The second kappa shape index (κ2) is 7.64. The lowest BCUT2D eigenvalue weighted by Gasteiger charge is -2.29. The highest BCUT2D eigenvalue weighted by molar-refractivity contribution is 7.90. The minimum atomic E-state index is -3.22. The largest absolute Gasteiger partial charge is 0.467 e. The van der Waals surface area contributed by atoms with E-state index in [1.165, 1.54) is 22.5 Å². The van der Waals surface area contributed by atoms with Gasteiger partial charge in [0.05, 0.1) is 15.1 Å². The van der Waals surface area contributed by atoms with Crippen molar-refractivity contribution in [3.63, 3.8) is 0 Å². The number of hydrogen-bond acceptors (Lipinski definition) is 6. The quantitative estimate of drug-likeness (QED) is 0.672. The fourth-order valence-electron chi connectivity index (χ4n) is 3.34. The molecule has 0 radical (unpaired) electrons. The molecule has 0 spiro atoms. The predicted octanol–water partition coefficient (Wildman–Crippen LogP) is 3.89. The molecule has 0 atom stereocenters. The van der Waals surface area contributed by atoms with Crippen molar-refractivity contribution in [1.82, 2.24) is 9.88 Å². The fourth-order valence-corrected chi connectivity index (χ4v) is 4.89. The summed E-state index contributed by atoms with van der Waals surface area (Å²) in [5.41, 5.74) is 2.74. The van der Waals surface area contributed by atoms with E-state index in [0.29, 0.717) is 36.0 Å². The molecule has 0 unspecified atom stereocenters. The van der Waals surface area contributed by atoms with Gasteiger partial charge in [-0.05, 0) is 35.4 Å². The SMILES string of the molecule is CS(=O)(=O)c1ccc(-c2ccc3nc(OC4CCN(C(=O)O)CC4)sc3c2)cc1. The maximum atomic E-state index is 11.6. The van der Waals surface area contributed by atoms with Crippen LogP contribution >= 0.6 is 11.3 Å². The van der Waals surface area contributed by atoms with Crippen LogP contribution in [0.1, 0.15) is 12.8 Å². The molecule has 152 valence electrons. The number of amides is 1. The standard InChI is InChI=1S/C20H20N2O5S2/c1-29(25,26)16-5-2-13(3-6-16)14-4-7-17-18(12-14)28-19(21-17)27-15-8-10-22(11-9-15)20(23)24/h2-7,12,15H,8-11H2,1H3,(H,23,24). The van der Waals surface area contributed by atoms with E-state index >= 15 is 0 Å². The minimum absolute atomic E-state index is 0.0332. The molecule has 1 amide bonds. The molecule has 29 heavy (non-hydrogen) atoms. The summed E-state index contributed by atoms with van der Waals surface area (Å²) in [4.78, 5) is 17.2. The van der Waals surface area contributed by atoms with Gasteiger partial charge in [0.2, 0.25) is 0 Å². The van der Waals surface area contributed by atoms with Crippen LogP contribution in [0.4, 0.5) is 4.79 Å². The van der Waals surface area contributed by atoms with Gasteiger partial charge in [-0.25, -0.2) is 18.2 Å². The number of fused-ring (bicyclic) bond motifs is 1. The first-order valence-corrected chi connectivity index (χ1v) is 11.9. The highest BCUT2D eigenvalue weighted by atomic mass is 32.2. The molecule has 0 aliphatic carbocycles. The third-order valence-corrected chi connectivity index (χ3v) is 7.00. The topological polar surface area (TPSA) is 96.8 Å². The number of carbonyl (C=O) groups is 1. The minimum Gasteiger partial charge on any atom is -0.467 e. The van der Waals surface area contributed by atoms with E-state index in [1.54, 1.807) is 24.3 Å². The number of ether oxygens (including phenoxy) is 1. The highest BCUT2D eigenvalue weighted by Crippen LogP contribution is 2.33. The maximum absolute atomic E-state index is 11.6. The van der Waals surface area contributed by atoms with E-state index in [9.17, 15) is 13.2 Å². The average Bonchev–Trinajstić information content (AvgIpc) is 3.09. The molecular formula is C20H20N2O5S2. The Morgan fingerprint density at radius 1 is 1.14 bits per heavy atom. The van der Waals surface area contributed by atoms with E-state index in [-0.39, 0.29) is 6.10 Å². The number of rotatable bonds is 4. The normalized spacial score (nSPS) is 15.6. The number of hydrogen-bond donors (Lipinski definition) is 1. The lowest BCUT2D eigenvalue weighted by molar-refractivity contribution is 0.0894. The number of benzene rings is 2. The van der Waals surface area contributed by atoms with Crippen molar-refractivity contribution in [2.24, 2.45) is 0 Å². The number of thiazole rings is 1. The molecule has 1 aliphatic heterocycles. The van der Waals surface area contributed by atoms with Crippen molar-refractivity contribution in [1.29, 1.82) is 0 Å². The Morgan fingerprint density at radius 3 is 2.41 bits per heavy atom. The zero-order valence-corrected chi connectivity index (χ0v) is 17.4. The second-order valence-corrected chi connectivity index (χ2v) is 10.1. The summed E-state index contributed by atoms with van der Waals surface area (Å²) in [5, 5.41) is 9.61. The summed E-state index contributed by atoms with van der Waals surface area (Å²) in [6.45, 7) is 0.942. The van der Waals surface area contributed by atoms with Crippen LogP contribution in [-0.2, 0) is 9.84 Å². The van der Waals surface area contributed by atoms with Gasteiger partial charge in [0.25, 0.3) is 5.19 Å². The van der Waals surface area contributed by atoms with Crippen molar-refractivity contribution < 1.29 is 23.1 Å². The van der Waals surface area contributed by atoms with Gasteiger partial charge < -0.3 is 14.7 Å². The van der Waals surface area contributed by atoms with Crippen molar-refractivity contribution in [3.05, 3.63) is 42.5 Å². The number of carboxylic acid groups (broad SMARTS) is 1. The molecule has 9 heteroatoms. The first kappa shape index (κ1) is 19.7. The van der Waals surface area contributed by atoms with Crippen LogP contribution < -0.4 is 4.74 Å². The van der Waals surface area contributed by atoms with Crippen molar-refractivity contribution in [2.75, 3.05) is 19.3 Å². The zero-order valence-electron chi connectivity index (χ0n) is 15.7. The Hall–Kier alpha value is -2.65. The molecule has 2 aromatic carbocycles. The smallest absolute Gasteiger partial charge is 0.407 e. The highest BCUT2D eigenvalue weighted by Gasteiger charge is 2.24. The van der Waals surface area contributed by atoms with Crippen LogP contribution in [0.15, 0.2) is 47.4 Å². The molecule has 1 aromatic heterocycles. The van der Waals surface area contributed by atoms with Gasteiger partial charge in [-0.15, -0.1) is 0 Å². The lowest BCUT2D eigenvalue weighted by atomic mass is 10.1. The molecule has 1 saturated heterocycles. The molecule has 1 N–H and O–H groups in total. The Labute approximate surface area is 172 Å². The summed E-state index contributed by atoms with van der Waals surface area (Å²) in [7, 11) is -3.22. The maximum Gasteiger partial charge on any atom is 0.407 e. The van der Waals surface area contributed by atoms with Crippen LogP contribution in [0.25, 0.3) is 21.3 Å². The summed E-state index contributed by atoms with van der Waals surface area (Å²) in [6, 6.07) is 12.7. The van der Waals surface area contributed by atoms with Crippen LogP contribution in [0.5, 0.6) is 5.19 Å². The van der Waals surface area contributed by atoms with Crippen molar-refractivity contribution >= 4 is 37.5 Å². The van der Waals surface area contributed by atoms with Gasteiger partial charge in [-0.1, -0.05) is 29.5 Å². The fraction of sp³-hybridized carbons (Fsp3) is 0.300. The van der Waals surface area contributed by atoms with Crippen LogP contribution in [-0.4, -0.2) is 55.0 Å². The zero-order chi connectivity index (χ0) is 20.6. The first-order valence-electron chi connectivity index (χ1n) is 9.15. The first-order chi connectivity index (χ1) is 13.8. The van der Waals surface area contributed by atoms with E-state index in [2.05, 4.69) is 4.98 Å². The molecule has 0 saturated carbocycles. The number of nitrogens with zero attached hydrogens (tertiary/aromatic N) is 2. The van der Waals surface area contributed by atoms with Crippen LogP contribution in [0, 0.1) is 0 Å². The number of piperidine rings is 1. The molecule has 1 fully saturated rings. The van der Waals surface area contributed by atoms with E-state index in [0.717, 1.165) is 21.3 Å². The van der Waals surface area contributed by atoms with Gasteiger partial charge >= 0.3 is 6.09 Å². The van der Waals surface area contributed by atoms with E-state index < -0.39 is 15.9 Å². The average molecular weight is 433 g/mol. The third kappa shape index (κ3) is 4.35. The molecule has 0 bridgehead atoms. The Balaban J connectivity index is 1.50.